The lowest BCUT2D eigenvalue weighted by atomic mass is 9.88. The molecule has 35 heavy (non-hydrogen) atoms. The number of nitriles is 1. The van der Waals surface area contributed by atoms with Gasteiger partial charge in [-0.2, -0.15) is 5.26 Å². The maximum absolute atomic E-state index is 12.4. The highest BCUT2D eigenvalue weighted by molar-refractivity contribution is 6.00. The van der Waals surface area contributed by atoms with E-state index in [-0.39, 0.29) is 18.4 Å². The van der Waals surface area contributed by atoms with Crippen molar-refractivity contribution in [2.75, 3.05) is 31.1 Å². The topological polar surface area (TPSA) is 82.3 Å². The average Bonchev–Trinajstić information content (AvgIpc) is 2.88. The summed E-state index contributed by atoms with van der Waals surface area (Å²) >= 11 is 0. The normalized spacial score (nSPS) is 17.5. The number of ether oxygens (including phenoxy) is 1. The third-order valence-corrected chi connectivity index (χ3v) is 7.10. The first-order valence-corrected chi connectivity index (χ1v) is 12.1. The highest BCUT2D eigenvalue weighted by atomic mass is 16.5. The number of carbonyl (C=O) groups is 1. The molecule has 1 aromatic heterocycles. The van der Waals surface area contributed by atoms with E-state index in [0.717, 1.165) is 35.3 Å². The molecule has 0 aliphatic carbocycles. The molecule has 1 atom stereocenters. The van der Waals surface area contributed by atoms with Gasteiger partial charge in [0, 0.05) is 25.2 Å². The third-order valence-electron chi connectivity index (χ3n) is 7.10. The lowest BCUT2D eigenvalue weighted by Gasteiger charge is -2.41. The van der Waals surface area contributed by atoms with Gasteiger partial charge in [0.05, 0.1) is 36.0 Å². The second-order valence-electron chi connectivity index (χ2n) is 9.24. The van der Waals surface area contributed by atoms with E-state index in [9.17, 15) is 10.1 Å². The van der Waals surface area contributed by atoms with Crippen molar-refractivity contribution in [1.82, 2.24) is 14.9 Å². The van der Waals surface area contributed by atoms with Crippen molar-refractivity contribution in [3.63, 3.8) is 0 Å². The Morgan fingerprint density at radius 3 is 2.83 bits per heavy atom. The van der Waals surface area contributed by atoms with Gasteiger partial charge in [-0.25, -0.2) is 9.97 Å². The van der Waals surface area contributed by atoms with Gasteiger partial charge in [0.2, 0.25) is 5.91 Å². The van der Waals surface area contributed by atoms with Crippen LogP contribution < -0.4 is 9.64 Å². The number of aromatic nitrogens is 2. The van der Waals surface area contributed by atoms with Crippen LogP contribution in [0.15, 0.2) is 43.2 Å². The molecule has 1 saturated heterocycles. The molecule has 1 fully saturated rings. The van der Waals surface area contributed by atoms with E-state index in [1.165, 1.54) is 33.9 Å². The zero-order valence-corrected chi connectivity index (χ0v) is 20.3. The summed E-state index contributed by atoms with van der Waals surface area (Å²) in [4.78, 5) is 25.6. The zero-order valence-electron chi connectivity index (χ0n) is 20.3. The summed E-state index contributed by atoms with van der Waals surface area (Å²) in [6.07, 6.45) is 5.07. The molecule has 3 heterocycles. The van der Waals surface area contributed by atoms with E-state index >= 15 is 0 Å². The summed E-state index contributed by atoms with van der Waals surface area (Å²) in [5, 5.41) is 10.3. The molecule has 0 saturated carbocycles. The van der Waals surface area contributed by atoms with Gasteiger partial charge in [0.1, 0.15) is 17.9 Å². The van der Waals surface area contributed by atoms with Crippen LogP contribution in [0, 0.1) is 25.2 Å². The number of aryl methyl sites for hydroxylation is 2. The molecule has 0 radical (unpaired) electrons. The van der Waals surface area contributed by atoms with Crippen LogP contribution in [0.3, 0.4) is 0 Å². The van der Waals surface area contributed by atoms with Gasteiger partial charge < -0.3 is 14.5 Å². The molecule has 2 aliphatic rings. The van der Waals surface area contributed by atoms with Crippen molar-refractivity contribution in [3.8, 4) is 22.9 Å². The van der Waals surface area contributed by atoms with Crippen molar-refractivity contribution in [2.45, 2.75) is 39.2 Å². The van der Waals surface area contributed by atoms with Crippen LogP contribution in [0.2, 0.25) is 0 Å². The molecule has 1 amide bonds. The molecule has 2 aliphatic heterocycles. The summed E-state index contributed by atoms with van der Waals surface area (Å²) in [6, 6.07) is 10.6. The number of hydrogen-bond donors (Lipinski definition) is 0. The average molecular weight is 468 g/mol. The number of nitrogens with zero attached hydrogens (tertiary/aromatic N) is 5. The number of anilines is 1. The summed E-state index contributed by atoms with van der Waals surface area (Å²) in [5.74, 6) is 1.52. The van der Waals surface area contributed by atoms with Crippen molar-refractivity contribution >= 4 is 22.6 Å². The standard InChI is InChI=1S/C28H29N5O2/c1-4-24(34)33-13-12-32(16-20(33)10-11-29)28-26-23(30-17-31-28)15-22(21-9-6-14-35-27(21)26)25-18(2)7-5-8-19(25)3/h4-5,7-8,15,17,20H,1,6,9-10,12-14,16H2,2-3H3/t20-/m0/s1. The lowest BCUT2D eigenvalue weighted by Crippen LogP contribution is -2.55. The fraction of sp³-hybridized carbons (Fsp3) is 0.357. The predicted molar refractivity (Wildman–Crippen MR) is 136 cm³/mol. The molecule has 2 aromatic carbocycles. The Kier molecular flexibility index (Phi) is 6.12. The Morgan fingerprint density at radius 1 is 1.29 bits per heavy atom. The van der Waals surface area contributed by atoms with Gasteiger partial charge >= 0.3 is 0 Å². The number of carbonyl (C=O) groups excluding carboxylic acids is 1. The Balaban J connectivity index is 1.65. The number of fused-ring (bicyclic) bond motifs is 3. The summed E-state index contributed by atoms with van der Waals surface area (Å²) in [6.45, 7) is 10.2. The van der Waals surface area contributed by atoms with Crippen LogP contribution in [-0.2, 0) is 11.2 Å². The summed E-state index contributed by atoms with van der Waals surface area (Å²) in [7, 11) is 0. The third kappa shape index (κ3) is 3.99. The van der Waals surface area contributed by atoms with Crippen molar-refractivity contribution in [1.29, 1.82) is 5.26 Å². The van der Waals surface area contributed by atoms with E-state index in [4.69, 9.17) is 4.74 Å². The lowest BCUT2D eigenvalue weighted by molar-refractivity contribution is -0.128. The van der Waals surface area contributed by atoms with Crippen LogP contribution in [0.1, 0.15) is 29.5 Å². The van der Waals surface area contributed by atoms with E-state index in [2.05, 4.69) is 65.6 Å². The van der Waals surface area contributed by atoms with Crippen LogP contribution in [0.25, 0.3) is 22.0 Å². The minimum atomic E-state index is -0.227. The maximum atomic E-state index is 12.4. The number of rotatable bonds is 4. The Morgan fingerprint density at radius 2 is 2.09 bits per heavy atom. The van der Waals surface area contributed by atoms with Gasteiger partial charge in [-0.3, -0.25) is 4.79 Å². The monoisotopic (exact) mass is 467 g/mol. The molecule has 0 bridgehead atoms. The van der Waals surface area contributed by atoms with E-state index in [0.29, 0.717) is 26.2 Å². The molecule has 5 rings (SSSR count). The zero-order chi connectivity index (χ0) is 24.5. The molecule has 3 aromatic rings. The van der Waals surface area contributed by atoms with E-state index in [1.807, 2.05) is 0 Å². The minimum absolute atomic E-state index is 0.142. The molecule has 0 spiro atoms. The number of benzene rings is 2. The largest absolute Gasteiger partial charge is 0.492 e. The highest BCUT2D eigenvalue weighted by Gasteiger charge is 2.32. The maximum Gasteiger partial charge on any atom is 0.246 e. The molecule has 7 heteroatoms. The molecule has 178 valence electrons. The quantitative estimate of drug-likeness (QED) is 0.531. The number of hydrogen-bond acceptors (Lipinski definition) is 6. The van der Waals surface area contributed by atoms with E-state index in [1.54, 1.807) is 11.2 Å². The van der Waals surface area contributed by atoms with Crippen molar-refractivity contribution in [3.05, 3.63) is 59.9 Å². The fourth-order valence-electron chi connectivity index (χ4n) is 5.48. The molecule has 7 nitrogen and oxygen atoms in total. The van der Waals surface area contributed by atoms with E-state index < -0.39 is 0 Å². The van der Waals surface area contributed by atoms with Crippen LogP contribution in [0.5, 0.6) is 5.75 Å². The van der Waals surface area contributed by atoms with Crippen molar-refractivity contribution in [2.24, 2.45) is 0 Å². The van der Waals surface area contributed by atoms with Gasteiger partial charge in [-0.15, -0.1) is 0 Å². The Hall–Kier alpha value is -3.92. The fourth-order valence-corrected chi connectivity index (χ4v) is 5.48. The first-order chi connectivity index (χ1) is 17.0. The Bertz CT molecular complexity index is 1340. The number of amides is 1. The minimum Gasteiger partial charge on any atom is -0.492 e. The molecular weight excluding hydrogens is 438 g/mol. The Labute approximate surface area is 205 Å². The molecule has 0 unspecified atom stereocenters. The van der Waals surface area contributed by atoms with Gasteiger partial charge in [-0.05, 0) is 61.1 Å². The smallest absolute Gasteiger partial charge is 0.246 e. The summed E-state index contributed by atoms with van der Waals surface area (Å²) in [5.41, 5.74) is 6.92. The first-order valence-electron chi connectivity index (χ1n) is 12.1. The van der Waals surface area contributed by atoms with Crippen molar-refractivity contribution < 1.29 is 9.53 Å². The first kappa shape index (κ1) is 22.9. The van der Waals surface area contributed by atoms with Gasteiger partial charge in [0.25, 0.3) is 0 Å². The SMILES string of the molecule is C=CC(=O)N1CCN(c2ncnc3cc(-c4c(C)cccc4C)c4c(c23)OCCC4)C[C@@H]1CC#N. The second kappa shape index (κ2) is 9.38. The van der Waals surface area contributed by atoms with Gasteiger partial charge in [-0.1, -0.05) is 24.8 Å². The predicted octanol–water partition coefficient (Wildman–Crippen LogP) is 4.36. The van der Waals surface area contributed by atoms with Gasteiger partial charge in [0.15, 0.2) is 0 Å². The summed E-state index contributed by atoms with van der Waals surface area (Å²) < 4.78 is 6.32. The highest BCUT2D eigenvalue weighted by Crippen LogP contribution is 2.44. The molecular formula is C28H29N5O2. The van der Waals surface area contributed by atoms with Crippen LogP contribution >= 0.6 is 0 Å². The molecule has 0 N–H and O–H groups in total. The van der Waals surface area contributed by atoms with Crippen LogP contribution in [-0.4, -0.2) is 53.1 Å². The second-order valence-corrected chi connectivity index (χ2v) is 9.24. The number of piperazine rings is 1. The van der Waals surface area contributed by atoms with Crippen LogP contribution in [0.4, 0.5) is 5.82 Å².